The minimum Gasteiger partial charge on any atom is -0.377 e. The summed E-state index contributed by atoms with van der Waals surface area (Å²) in [5.41, 5.74) is 0.569. The lowest BCUT2D eigenvalue weighted by Crippen LogP contribution is -2.42. The number of sulfonamides is 2. The first-order valence-electron chi connectivity index (χ1n) is 12.3. The van der Waals surface area contributed by atoms with Crippen molar-refractivity contribution >= 4 is 31.6 Å². The molecule has 2 saturated heterocycles. The molecule has 4 rings (SSSR count). The van der Waals surface area contributed by atoms with Gasteiger partial charge in [-0.1, -0.05) is 31.0 Å². The Bertz CT molecular complexity index is 1220. The number of rotatable bonds is 9. The Hall–Kier alpha value is -2.31. The van der Waals surface area contributed by atoms with Crippen molar-refractivity contribution in [1.82, 2.24) is 8.61 Å². The van der Waals surface area contributed by atoms with Crippen LogP contribution >= 0.6 is 0 Å². The van der Waals surface area contributed by atoms with Crippen LogP contribution in [0.1, 0.15) is 38.5 Å². The molecule has 2 aliphatic heterocycles. The number of ether oxygens (including phenoxy) is 1. The topological polar surface area (TPSA) is 113 Å². The molecule has 196 valence electrons. The number of carbonyl (C=O) groups excluding carboxylic acids is 1. The van der Waals surface area contributed by atoms with Crippen LogP contribution in [0.25, 0.3) is 0 Å². The predicted molar refractivity (Wildman–Crippen MR) is 136 cm³/mol. The molecule has 0 aliphatic carbocycles. The molecule has 0 spiro atoms. The van der Waals surface area contributed by atoms with E-state index in [2.05, 4.69) is 5.32 Å². The minimum atomic E-state index is -4.08. The molecule has 36 heavy (non-hydrogen) atoms. The van der Waals surface area contributed by atoms with Crippen molar-refractivity contribution < 1.29 is 26.4 Å². The van der Waals surface area contributed by atoms with E-state index < -0.39 is 26.0 Å². The lowest BCUT2D eigenvalue weighted by molar-refractivity contribution is -0.116. The molecule has 0 aromatic heterocycles. The van der Waals surface area contributed by atoms with Crippen molar-refractivity contribution in [2.24, 2.45) is 0 Å². The molecule has 2 aliphatic rings. The van der Waals surface area contributed by atoms with Crippen molar-refractivity contribution in [1.29, 1.82) is 0 Å². The fourth-order valence-electron chi connectivity index (χ4n) is 4.51. The number of hydrogen-bond acceptors (Lipinski definition) is 6. The number of anilines is 1. The summed E-state index contributed by atoms with van der Waals surface area (Å²) in [5, 5.41) is 2.72. The molecule has 1 amide bonds. The average Bonchev–Trinajstić information content (AvgIpc) is 3.22. The molecule has 1 N–H and O–H groups in total. The minimum absolute atomic E-state index is 0.0401. The molecule has 0 radical (unpaired) electrons. The van der Waals surface area contributed by atoms with E-state index >= 15 is 0 Å². The Balaban J connectivity index is 1.54. The molecule has 2 fully saturated rings. The molecule has 2 aromatic carbocycles. The summed E-state index contributed by atoms with van der Waals surface area (Å²) in [6, 6.07) is 14.1. The van der Waals surface area contributed by atoms with Crippen LogP contribution in [-0.4, -0.2) is 70.2 Å². The van der Waals surface area contributed by atoms with Crippen molar-refractivity contribution in [2.45, 2.75) is 54.4 Å². The summed E-state index contributed by atoms with van der Waals surface area (Å²) in [6.45, 7) is 1.14. The van der Waals surface area contributed by atoms with E-state index in [1.165, 1.54) is 28.6 Å². The van der Waals surface area contributed by atoms with Gasteiger partial charge in [0.05, 0.1) is 22.4 Å². The average molecular weight is 536 g/mol. The third-order valence-electron chi connectivity index (χ3n) is 6.47. The third kappa shape index (κ3) is 6.51. The van der Waals surface area contributed by atoms with Gasteiger partial charge in [0.15, 0.2) is 0 Å². The molecule has 2 heterocycles. The van der Waals surface area contributed by atoms with Gasteiger partial charge in [-0.2, -0.15) is 8.61 Å². The van der Waals surface area contributed by atoms with Crippen LogP contribution < -0.4 is 5.32 Å². The highest BCUT2D eigenvalue weighted by Gasteiger charge is 2.32. The van der Waals surface area contributed by atoms with Gasteiger partial charge in [-0.15, -0.1) is 0 Å². The van der Waals surface area contributed by atoms with Gasteiger partial charge < -0.3 is 10.1 Å². The predicted octanol–water partition coefficient (Wildman–Crippen LogP) is 3.06. The van der Waals surface area contributed by atoms with Crippen molar-refractivity contribution in [3.8, 4) is 0 Å². The van der Waals surface area contributed by atoms with E-state index in [0.29, 0.717) is 31.8 Å². The second kappa shape index (κ2) is 11.8. The first-order chi connectivity index (χ1) is 17.3. The Morgan fingerprint density at radius 2 is 1.53 bits per heavy atom. The number of carbonyl (C=O) groups is 1. The Labute approximate surface area is 213 Å². The zero-order valence-electron chi connectivity index (χ0n) is 20.2. The van der Waals surface area contributed by atoms with E-state index in [9.17, 15) is 21.6 Å². The van der Waals surface area contributed by atoms with E-state index in [0.717, 1.165) is 36.4 Å². The number of hydrogen-bond donors (Lipinski definition) is 1. The van der Waals surface area contributed by atoms with E-state index in [1.54, 1.807) is 24.3 Å². The first kappa shape index (κ1) is 26.7. The van der Waals surface area contributed by atoms with Gasteiger partial charge in [0.25, 0.3) is 0 Å². The smallest absolute Gasteiger partial charge is 0.243 e. The maximum absolute atomic E-state index is 13.5. The molecule has 2 aromatic rings. The lowest BCUT2D eigenvalue weighted by atomic mass is 10.2. The quantitative estimate of drug-likeness (QED) is 0.528. The largest absolute Gasteiger partial charge is 0.377 e. The molecular formula is C25H33N3O6S2. The molecular weight excluding hydrogens is 502 g/mol. The molecule has 0 saturated carbocycles. The van der Waals surface area contributed by atoms with Gasteiger partial charge in [0.2, 0.25) is 26.0 Å². The van der Waals surface area contributed by atoms with Crippen LogP contribution in [0, 0.1) is 0 Å². The van der Waals surface area contributed by atoms with Gasteiger partial charge in [0, 0.05) is 31.9 Å². The Morgan fingerprint density at radius 3 is 2.14 bits per heavy atom. The van der Waals surface area contributed by atoms with Gasteiger partial charge in [-0.3, -0.25) is 4.79 Å². The normalized spacial score (nSPS) is 19.8. The molecule has 0 unspecified atom stereocenters. The summed E-state index contributed by atoms with van der Waals surface area (Å²) in [4.78, 5) is 12.7. The van der Waals surface area contributed by atoms with Crippen LogP contribution in [0.4, 0.5) is 5.69 Å². The number of benzene rings is 2. The fraction of sp³-hybridized carbons (Fsp3) is 0.480. The van der Waals surface area contributed by atoms with Crippen LogP contribution in [-0.2, 0) is 29.6 Å². The third-order valence-corrected chi connectivity index (χ3v) is 10.2. The van der Waals surface area contributed by atoms with E-state index in [1.807, 2.05) is 6.07 Å². The van der Waals surface area contributed by atoms with Crippen molar-refractivity contribution in [3.05, 3.63) is 54.6 Å². The summed E-state index contributed by atoms with van der Waals surface area (Å²) >= 11 is 0. The second-order valence-corrected chi connectivity index (χ2v) is 13.0. The van der Waals surface area contributed by atoms with Crippen LogP contribution in [0.5, 0.6) is 0 Å². The highest BCUT2D eigenvalue weighted by Crippen LogP contribution is 2.24. The van der Waals surface area contributed by atoms with Crippen LogP contribution in [0.3, 0.4) is 0 Å². The first-order valence-corrected chi connectivity index (χ1v) is 15.2. The number of nitrogens with zero attached hydrogens (tertiary/aromatic N) is 2. The molecule has 9 nitrogen and oxygen atoms in total. The van der Waals surface area contributed by atoms with Gasteiger partial charge in [-0.05, 0) is 62.1 Å². The fourth-order valence-corrected chi connectivity index (χ4v) is 7.45. The lowest BCUT2D eigenvalue weighted by Gasteiger charge is -2.25. The summed E-state index contributed by atoms with van der Waals surface area (Å²) in [7, 11) is -7.78. The Morgan fingerprint density at radius 1 is 0.889 bits per heavy atom. The van der Waals surface area contributed by atoms with Gasteiger partial charge in [0.1, 0.15) is 0 Å². The van der Waals surface area contributed by atoms with Crippen LogP contribution in [0.2, 0.25) is 0 Å². The zero-order valence-corrected chi connectivity index (χ0v) is 21.8. The monoisotopic (exact) mass is 535 g/mol. The summed E-state index contributed by atoms with van der Waals surface area (Å²) < 4.78 is 61.5. The number of amides is 1. The second-order valence-electron chi connectivity index (χ2n) is 9.14. The summed E-state index contributed by atoms with van der Waals surface area (Å²) in [6.07, 6.45) is 4.87. The van der Waals surface area contributed by atoms with Crippen LogP contribution in [0.15, 0.2) is 64.4 Å². The maximum atomic E-state index is 13.5. The zero-order chi connectivity index (χ0) is 25.6. The maximum Gasteiger partial charge on any atom is 0.243 e. The number of para-hydroxylation sites is 1. The number of nitrogens with one attached hydrogen (secondary N) is 1. The highest BCUT2D eigenvalue weighted by atomic mass is 32.2. The molecule has 1 atom stereocenters. The van der Waals surface area contributed by atoms with E-state index in [4.69, 9.17) is 4.74 Å². The van der Waals surface area contributed by atoms with Crippen molar-refractivity contribution in [3.63, 3.8) is 0 Å². The molecule has 0 bridgehead atoms. The molecule has 11 heteroatoms. The SMILES string of the molecule is O=C(CN(C[C@@H]1CCCO1)S(=O)(=O)c1ccc(S(=O)(=O)N2CCCCCC2)cc1)Nc1ccccc1. The highest BCUT2D eigenvalue weighted by molar-refractivity contribution is 7.89. The van der Waals surface area contributed by atoms with Gasteiger partial charge in [-0.25, -0.2) is 16.8 Å². The van der Waals surface area contributed by atoms with Gasteiger partial charge >= 0.3 is 0 Å². The van der Waals surface area contributed by atoms with Crippen molar-refractivity contribution in [2.75, 3.05) is 38.1 Å². The summed E-state index contributed by atoms with van der Waals surface area (Å²) in [5.74, 6) is -0.469. The standard InChI is InChI=1S/C25H33N3O6S2/c29-25(26-21-9-4-3-5-10-21)20-28(19-22-11-8-18-34-22)36(32,33)24-14-12-23(13-15-24)35(30,31)27-16-6-1-2-7-17-27/h3-5,9-10,12-15,22H,1-2,6-8,11,16-20H2,(H,26,29)/t22-/m0/s1. The Kier molecular flexibility index (Phi) is 8.78. The van der Waals surface area contributed by atoms with E-state index in [-0.39, 0.29) is 29.0 Å².